The number of amides is 1. The van der Waals surface area contributed by atoms with Crippen molar-refractivity contribution in [3.8, 4) is 0 Å². The summed E-state index contributed by atoms with van der Waals surface area (Å²) < 4.78 is 2.45. The SMILES string of the molecule is Cc1nc2ccc(NC(=O)Cn3cnc4sc5c(c4c3=O)CCC(C(C)(C)C)C5)cc2s1. The molecule has 1 N–H and O–H groups in total. The smallest absolute Gasteiger partial charge is 0.262 e. The molecule has 1 unspecified atom stereocenters. The van der Waals surface area contributed by atoms with Gasteiger partial charge in [-0.2, -0.15) is 0 Å². The monoisotopic (exact) mass is 466 g/mol. The fourth-order valence-corrected chi connectivity index (χ4v) is 6.65. The number of anilines is 1. The largest absolute Gasteiger partial charge is 0.324 e. The molecule has 0 saturated heterocycles. The van der Waals surface area contributed by atoms with Crippen molar-refractivity contribution < 1.29 is 4.79 Å². The van der Waals surface area contributed by atoms with Gasteiger partial charge in [-0.1, -0.05) is 20.8 Å². The van der Waals surface area contributed by atoms with Crippen LogP contribution in [0.2, 0.25) is 0 Å². The quantitative estimate of drug-likeness (QED) is 0.452. The molecule has 1 aliphatic rings. The van der Waals surface area contributed by atoms with Crippen LogP contribution in [0.4, 0.5) is 5.69 Å². The molecule has 3 heterocycles. The Hall–Kier alpha value is -2.58. The summed E-state index contributed by atoms with van der Waals surface area (Å²) in [5.41, 5.74) is 2.90. The molecule has 166 valence electrons. The molecule has 1 aromatic carbocycles. The second-order valence-electron chi connectivity index (χ2n) is 9.63. The molecule has 5 rings (SSSR count). The molecule has 32 heavy (non-hydrogen) atoms. The van der Waals surface area contributed by atoms with Crippen LogP contribution < -0.4 is 10.9 Å². The number of hydrogen-bond acceptors (Lipinski definition) is 6. The number of hydrogen-bond donors (Lipinski definition) is 1. The van der Waals surface area contributed by atoms with Crippen molar-refractivity contribution in [3.05, 3.63) is 50.3 Å². The zero-order valence-corrected chi connectivity index (χ0v) is 20.3. The van der Waals surface area contributed by atoms with E-state index in [4.69, 9.17) is 0 Å². The van der Waals surface area contributed by atoms with Crippen molar-refractivity contribution in [1.82, 2.24) is 14.5 Å². The van der Waals surface area contributed by atoms with E-state index in [0.717, 1.165) is 44.9 Å². The number of carbonyl (C=O) groups excluding carboxylic acids is 1. The standard InChI is InChI=1S/C24H26N4O2S2/c1-13-26-17-8-6-15(10-19(17)31-13)27-20(29)11-28-12-25-22-21(23(28)30)16-7-5-14(24(2,3)4)9-18(16)32-22/h6,8,10,12,14H,5,7,9,11H2,1-4H3,(H,27,29). The molecule has 0 bridgehead atoms. The summed E-state index contributed by atoms with van der Waals surface area (Å²) in [5, 5.41) is 4.59. The summed E-state index contributed by atoms with van der Waals surface area (Å²) in [6.07, 6.45) is 4.48. The van der Waals surface area contributed by atoms with Gasteiger partial charge in [0, 0.05) is 10.6 Å². The Bertz CT molecular complexity index is 1410. The second-order valence-corrected chi connectivity index (χ2v) is 11.9. The maximum Gasteiger partial charge on any atom is 0.262 e. The van der Waals surface area contributed by atoms with Gasteiger partial charge < -0.3 is 5.32 Å². The van der Waals surface area contributed by atoms with Gasteiger partial charge in [0.1, 0.15) is 11.4 Å². The van der Waals surface area contributed by atoms with Gasteiger partial charge >= 0.3 is 0 Å². The Kier molecular flexibility index (Phi) is 5.17. The number of thiophene rings is 1. The Morgan fingerprint density at radius 3 is 2.88 bits per heavy atom. The number of fused-ring (bicyclic) bond motifs is 4. The summed E-state index contributed by atoms with van der Waals surface area (Å²) in [4.78, 5) is 37.0. The maximum atomic E-state index is 13.2. The summed E-state index contributed by atoms with van der Waals surface area (Å²) in [6.45, 7) is 8.76. The minimum Gasteiger partial charge on any atom is -0.324 e. The van der Waals surface area contributed by atoms with Gasteiger partial charge in [-0.25, -0.2) is 9.97 Å². The Labute approximate surface area is 194 Å². The molecule has 0 saturated carbocycles. The Morgan fingerprint density at radius 2 is 2.09 bits per heavy atom. The lowest BCUT2D eigenvalue weighted by Crippen LogP contribution is -2.29. The lowest BCUT2D eigenvalue weighted by molar-refractivity contribution is -0.116. The van der Waals surface area contributed by atoms with Crippen LogP contribution in [0.3, 0.4) is 0 Å². The van der Waals surface area contributed by atoms with Crippen LogP contribution in [0.15, 0.2) is 29.3 Å². The molecule has 6 nitrogen and oxygen atoms in total. The number of aromatic nitrogens is 3. The van der Waals surface area contributed by atoms with Crippen molar-refractivity contribution >= 4 is 54.7 Å². The fraction of sp³-hybridized carbons (Fsp3) is 0.417. The van der Waals surface area contributed by atoms with Gasteiger partial charge in [-0.05, 0) is 61.3 Å². The third kappa shape index (κ3) is 3.86. The summed E-state index contributed by atoms with van der Waals surface area (Å²) >= 11 is 3.23. The molecule has 8 heteroatoms. The number of carbonyl (C=O) groups is 1. The predicted octanol–water partition coefficient (Wildman–Crippen LogP) is 5.17. The van der Waals surface area contributed by atoms with Crippen LogP contribution in [-0.4, -0.2) is 20.4 Å². The highest BCUT2D eigenvalue weighted by Gasteiger charge is 2.31. The summed E-state index contributed by atoms with van der Waals surface area (Å²) in [6, 6.07) is 5.66. The van der Waals surface area contributed by atoms with Crippen LogP contribution in [0.25, 0.3) is 20.4 Å². The van der Waals surface area contributed by atoms with E-state index in [1.807, 2.05) is 25.1 Å². The van der Waals surface area contributed by atoms with Crippen molar-refractivity contribution in [2.24, 2.45) is 11.3 Å². The van der Waals surface area contributed by atoms with Crippen LogP contribution in [0, 0.1) is 18.3 Å². The molecule has 0 spiro atoms. The topological polar surface area (TPSA) is 76.9 Å². The lowest BCUT2D eigenvalue weighted by atomic mass is 9.72. The van der Waals surface area contributed by atoms with Crippen LogP contribution in [0.5, 0.6) is 0 Å². The third-order valence-electron chi connectivity index (χ3n) is 6.35. The van der Waals surface area contributed by atoms with Crippen molar-refractivity contribution in [2.45, 2.75) is 53.5 Å². The van der Waals surface area contributed by atoms with E-state index in [1.165, 1.54) is 15.8 Å². The van der Waals surface area contributed by atoms with Gasteiger partial charge in [-0.15, -0.1) is 22.7 Å². The second kappa shape index (κ2) is 7.78. The van der Waals surface area contributed by atoms with E-state index in [9.17, 15) is 9.59 Å². The number of nitrogens with one attached hydrogen (secondary N) is 1. The molecular formula is C24H26N4O2S2. The predicted molar refractivity (Wildman–Crippen MR) is 132 cm³/mol. The number of benzene rings is 1. The zero-order chi connectivity index (χ0) is 22.6. The molecule has 1 aliphatic carbocycles. The van der Waals surface area contributed by atoms with Crippen LogP contribution >= 0.6 is 22.7 Å². The molecule has 0 aliphatic heterocycles. The first kappa shape index (κ1) is 21.3. The Balaban J connectivity index is 1.39. The maximum absolute atomic E-state index is 13.2. The summed E-state index contributed by atoms with van der Waals surface area (Å²) in [7, 11) is 0. The highest BCUT2D eigenvalue weighted by molar-refractivity contribution is 7.19. The minimum atomic E-state index is -0.245. The molecule has 4 aromatic rings. The fourth-order valence-electron chi connectivity index (χ4n) is 4.53. The molecule has 1 amide bonds. The van der Waals surface area contributed by atoms with Gasteiger partial charge in [0.15, 0.2) is 0 Å². The molecule has 3 aromatic heterocycles. The number of aryl methyl sites for hydroxylation is 2. The van der Waals surface area contributed by atoms with E-state index in [-0.39, 0.29) is 23.4 Å². The van der Waals surface area contributed by atoms with E-state index in [2.05, 4.69) is 36.1 Å². The average molecular weight is 467 g/mol. The number of thiazole rings is 1. The Morgan fingerprint density at radius 1 is 1.28 bits per heavy atom. The van der Waals surface area contributed by atoms with E-state index in [0.29, 0.717) is 17.0 Å². The minimum absolute atomic E-state index is 0.0588. The van der Waals surface area contributed by atoms with Gasteiger partial charge in [0.05, 0.1) is 26.9 Å². The van der Waals surface area contributed by atoms with Crippen molar-refractivity contribution in [3.63, 3.8) is 0 Å². The zero-order valence-electron chi connectivity index (χ0n) is 18.7. The van der Waals surface area contributed by atoms with E-state index < -0.39 is 0 Å². The first-order valence-corrected chi connectivity index (χ1v) is 12.5. The van der Waals surface area contributed by atoms with Crippen molar-refractivity contribution in [1.29, 1.82) is 0 Å². The highest BCUT2D eigenvalue weighted by atomic mass is 32.1. The first-order chi connectivity index (χ1) is 15.2. The van der Waals surface area contributed by atoms with E-state index in [1.54, 1.807) is 22.7 Å². The molecule has 0 fully saturated rings. The molecule has 0 radical (unpaired) electrons. The third-order valence-corrected chi connectivity index (χ3v) is 8.45. The highest BCUT2D eigenvalue weighted by Crippen LogP contribution is 2.41. The van der Waals surface area contributed by atoms with Gasteiger partial charge in [-0.3, -0.25) is 14.2 Å². The first-order valence-electron chi connectivity index (χ1n) is 10.9. The number of nitrogens with zero attached hydrogens (tertiary/aromatic N) is 3. The summed E-state index contributed by atoms with van der Waals surface area (Å²) in [5.74, 6) is 0.362. The number of rotatable bonds is 3. The molecule has 1 atom stereocenters. The van der Waals surface area contributed by atoms with Crippen LogP contribution in [-0.2, 0) is 24.2 Å². The normalized spacial score (nSPS) is 16.4. The lowest BCUT2D eigenvalue weighted by Gasteiger charge is -2.33. The van der Waals surface area contributed by atoms with Gasteiger partial charge in [0.25, 0.3) is 5.56 Å². The van der Waals surface area contributed by atoms with Gasteiger partial charge in [0.2, 0.25) is 5.91 Å². The average Bonchev–Trinajstić information content (AvgIpc) is 3.28. The van der Waals surface area contributed by atoms with E-state index >= 15 is 0 Å². The molecular weight excluding hydrogens is 440 g/mol. The van der Waals surface area contributed by atoms with Crippen molar-refractivity contribution in [2.75, 3.05) is 5.32 Å². The van der Waals surface area contributed by atoms with Crippen LogP contribution in [0.1, 0.15) is 42.6 Å².